The molecule has 1 amide bonds. The van der Waals surface area contributed by atoms with Crippen LogP contribution in [0.15, 0.2) is 24.5 Å². The van der Waals surface area contributed by atoms with E-state index in [0.717, 1.165) is 5.56 Å². The third-order valence-electron chi connectivity index (χ3n) is 4.07. The highest BCUT2D eigenvalue weighted by atomic mass is 32.1. The standard InChI is InChI=1S/C16H22N6O2S/c1-16(2,14-20-21-15(17)25-14)19-13(23)12(11-4-3-5-18-10-11)22-6-8-24-9-7-22/h3-5,10,12H,6-9H2,1-2H3,(H2,17,21)(H,19,23)/t12-/m1/s1. The van der Waals surface area contributed by atoms with Gasteiger partial charge in [0.15, 0.2) is 0 Å². The zero-order chi connectivity index (χ0) is 17.9. The van der Waals surface area contributed by atoms with Gasteiger partial charge < -0.3 is 15.8 Å². The number of nitrogens with one attached hydrogen (secondary N) is 1. The first-order chi connectivity index (χ1) is 12.0. The number of carbonyl (C=O) groups is 1. The Bertz CT molecular complexity index is 714. The molecule has 0 bridgehead atoms. The summed E-state index contributed by atoms with van der Waals surface area (Å²) in [6.07, 6.45) is 3.43. The second-order valence-electron chi connectivity index (χ2n) is 6.40. The first kappa shape index (κ1) is 17.7. The Morgan fingerprint density at radius 1 is 1.40 bits per heavy atom. The molecule has 3 N–H and O–H groups in total. The first-order valence-electron chi connectivity index (χ1n) is 8.10. The number of ether oxygens (including phenoxy) is 1. The molecule has 134 valence electrons. The number of aromatic nitrogens is 3. The molecular formula is C16H22N6O2S. The number of nitrogens with two attached hydrogens (primary N) is 1. The summed E-state index contributed by atoms with van der Waals surface area (Å²) in [5.41, 5.74) is 5.86. The smallest absolute Gasteiger partial charge is 0.242 e. The van der Waals surface area contributed by atoms with Gasteiger partial charge in [-0.2, -0.15) is 0 Å². The molecule has 0 radical (unpaired) electrons. The summed E-state index contributed by atoms with van der Waals surface area (Å²) in [6, 6.07) is 3.33. The van der Waals surface area contributed by atoms with Gasteiger partial charge >= 0.3 is 0 Å². The highest BCUT2D eigenvalue weighted by molar-refractivity contribution is 7.15. The zero-order valence-corrected chi connectivity index (χ0v) is 15.1. The van der Waals surface area contributed by atoms with Crippen molar-refractivity contribution in [3.8, 4) is 0 Å². The van der Waals surface area contributed by atoms with Crippen LogP contribution in [0.1, 0.15) is 30.5 Å². The van der Waals surface area contributed by atoms with Gasteiger partial charge in [0.25, 0.3) is 0 Å². The molecule has 3 heterocycles. The van der Waals surface area contributed by atoms with Crippen molar-refractivity contribution in [1.29, 1.82) is 0 Å². The Balaban J connectivity index is 1.83. The average Bonchev–Trinajstić information content (AvgIpc) is 3.04. The van der Waals surface area contributed by atoms with E-state index in [1.807, 2.05) is 26.0 Å². The van der Waals surface area contributed by atoms with E-state index in [-0.39, 0.29) is 5.91 Å². The number of pyridine rings is 1. The van der Waals surface area contributed by atoms with E-state index in [9.17, 15) is 4.79 Å². The van der Waals surface area contributed by atoms with Crippen LogP contribution in [0.5, 0.6) is 0 Å². The summed E-state index contributed by atoms with van der Waals surface area (Å²) in [7, 11) is 0. The summed E-state index contributed by atoms with van der Waals surface area (Å²) in [6.45, 7) is 6.40. The van der Waals surface area contributed by atoms with E-state index in [1.165, 1.54) is 11.3 Å². The number of hydrogen-bond acceptors (Lipinski definition) is 8. The quantitative estimate of drug-likeness (QED) is 0.815. The molecule has 1 aliphatic rings. The highest BCUT2D eigenvalue weighted by Gasteiger charge is 2.34. The molecule has 0 aromatic carbocycles. The van der Waals surface area contributed by atoms with Gasteiger partial charge in [-0.15, -0.1) is 10.2 Å². The maximum absolute atomic E-state index is 13.1. The Labute approximate surface area is 150 Å². The van der Waals surface area contributed by atoms with E-state index in [4.69, 9.17) is 10.5 Å². The molecular weight excluding hydrogens is 340 g/mol. The molecule has 0 saturated carbocycles. The summed E-state index contributed by atoms with van der Waals surface area (Å²) in [4.78, 5) is 19.4. The minimum atomic E-state index is -0.668. The van der Waals surface area contributed by atoms with Gasteiger partial charge in [-0.25, -0.2) is 0 Å². The molecule has 9 heteroatoms. The SMILES string of the molecule is CC(C)(NC(=O)[C@@H](c1cccnc1)N1CCOCC1)c1nnc(N)s1. The molecule has 1 aliphatic heterocycles. The van der Waals surface area contributed by atoms with Gasteiger partial charge in [0.2, 0.25) is 11.0 Å². The zero-order valence-electron chi connectivity index (χ0n) is 14.3. The van der Waals surface area contributed by atoms with Crippen molar-refractivity contribution in [3.63, 3.8) is 0 Å². The van der Waals surface area contributed by atoms with Crippen LogP contribution in [0.2, 0.25) is 0 Å². The number of anilines is 1. The molecule has 1 fully saturated rings. The van der Waals surface area contributed by atoms with Gasteiger partial charge in [0.05, 0.1) is 18.8 Å². The van der Waals surface area contributed by atoms with Crippen LogP contribution < -0.4 is 11.1 Å². The molecule has 8 nitrogen and oxygen atoms in total. The molecule has 3 rings (SSSR count). The van der Waals surface area contributed by atoms with Crippen LogP contribution in [0, 0.1) is 0 Å². The average molecular weight is 362 g/mol. The normalized spacial score (nSPS) is 17.2. The predicted molar refractivity (Wildman–Crippen MR) is 94.9 cm³/mol. The summed E-state index contributed by atoms with van der Waals surface area (Å²) in [5, 5.41) is 12.0. The second-order valence-corrected chi connectivity index (χ2v) is 7.41. The lowest BCUT2D eigenvalue weighted by molar-refractivity contribution is -0.130. The maximum atomic E-state index is 13.1. The summed E-state index contributed by atoms with van der Waals surface area (Å²) >= 11 is 1.27. The van der Waals surface area contributed by atoms with Crippen LogP contribution in [-0.4, -0.2) is 52.3 Å². The lowest BCUT2D eigenvalue weighted by Crippen LogP contribution is -2.50. The molecule has 1 atom stereocenters. The molecule has 0 unspecified atom stereocenters. The van der Waals surface area contributed by atoms with Crippen molar-refractivity contribution in [2.24, 2.45) is 0 Å². The van der Waals surface area contributed by atoms with Crippen LogP contribution in [0.4, 0.5) is 5.13 Å². The van der Waals surface area contributed by atoms with Gasteiger partial charge in [-0.05, 0) is 25.5 Å². The number of carbonyl (C=O) groups excluding carboxylic acids is 1. The van der Waals surface area contributed by atoms with Crippen LogP contribution in [0.3, 0.4) is 0 Å². The predicted octanol–water partition coefficient (Wildman–Crippen LogP) is 0.940. The first-order valence-corrected chi connectivity index (χ1v) is 8.92. The van der Waals surface area contributed by atoms with Crippen molar-refractivity contribution in [3.05, 3.63) is 35.1 Å². The van der Waals surface area contributed by atoms with Gasteiger partial charge in [0, 0.05) is 25.5 Å². The minimum Gasteiger partial charge on any atom is -0.379 e. The number of morpholine rings is 1. The third kappa shape index (κ3) is 4.12. The van der Waals surface area contributed by atoms with Gasteiger partial charge in [-0.3, -0.25) is 14.7 Å². The fraction of sp³-hybridized carbons (Fsp3) is 0.500. The largest absolute Gasteiger partial charge is 0.379 e. The summed E-state index contributed by atoms with van der Waals surface area (Å²) < 4.78 is 5.42. The molecule has 1 saturated heterocycles. The highest BCUT2D eigenvalue weighted by Crippen LogP contribution is 2.28. The number of nitrogens with zero attached hydrogens (tertiary/aromatic N) is 4. The van der Waals surface area contributed by atoms with Crippen molar-refractivity contribution in [1.82, 2.24) is 25.4 Å². The Morgan fingerprint density at radius 2 is 2.16 bits per heavy atom. The minimum absolute atomic E-state index is 0.103. The van der Waals surface area contributed by atoms with Gasteiger partial charge in [-0.1, -0.05) is 17.4 Å². The molecule has 2 aromatic rings. The lowest BCUT2D eigenvalue weighted by atomic mass is 10.0. The lowest BCUT2D eigenvalue weighted by Gasteiger charge is -2.35. The molecule has 2 aromatic heterocycles. The summed E-state index contributed by atoms with van der Waals surface area (Å²) in [5.74, 6) is -0.103. The Kier molecular flexibility index (Phi) is 5.26. The van der Waals surface area contributed by atoms with Crippen molar-refractivity contribution in [2.75, 3.05) is 32.0 Å². The maximum Gasteiger partial charge on any atom is 0.242 e. The van der Waals surface area contributed by atoms with E-state index >= 15 is 0 Å². The number of hydrogen-bond donors (Lipinski definition) is 2. The van der Waals surface area contributed by atoms with Crippen LogP contribution in [0.25, 0.3) is 0 Å². The topological polar surface area (TPSA) is 106 Å². The van der Waals surface area contributed by atoms with E-state index in [0.29, 0.717) is 36.4 Å². The van der Waals surface area contributed by atoms with Crippen LogP contribution >= 0.6 is 11.3 Å². The van der Waals surface area contributed by atoms with E-state index in [1.54, 1.807) is 12.4 Å². The second kappa shape index (κ2) is 7.42. The molecule has 25 heavy (non-hydrogen) atoms. The van der Waals surface area contributed by atoms with Gasteiger partial charge in [0.1, 0.15) is 11.0 Å². The fourth-order valence-corrected chi connectivity index (χ4v) is 3.49. The van der Waals surface area contributed by atoms with E-state index < -0.39 is 11.6 Å². The van der Waals surface area contributed by atoms with Crippen LogP contribution in [-0.2, 0) is 15.1 Å². The van der Waals surface area contributed by atoms with E-state index in [2.05, 4.69) is 25.4 Å². The number of amides is 1. The number of nitrogen functional groups attached to an aromatic ring is 1. The molecule has 0 spiro atoms. The Hall–Kier alpha value is -2.10. The third-order valence-corrected chi connectivity index (χ3v) is 5.15. The molecule has 0 aliphatic carbocycles. The van der Waals surface area contributed by atoms with Crippen molar-refractivity contribution < 1.29 is 9.53 Å². The fourth-order valence-electron chi connectivity index (χ4n) is 2.82. The van der Waals surface area contributed by atoms with Crippen molar-refractivity contribution in [2.45, 2.75) is 25.4 Å². The monoisotopic (exact) mass is 362 g/mol. The number of rotatable bonds is 5. The Morgan fingerprint density at radius 3 is 2.76 bits per heavy atom. The van der Waals surface area contributed by atoms with Crippen molar-refractivity contribution >= 4 is 22.4 Å².